The van der Waals surface area contributed by atoms with Crippen molar-refractivity contribution in [1.29, 1.82) is 0 Å². The zero-order chi connectivity index (χ0) is 33.2. The summed E-state index contributed by atoms with van der Waals surface area (Å²) in [6, 6.07) is 8.66. The van der Waals surface area contributed by atoms with E-state index in [9.17, 15) is 14.4 Å². The molecule has 2 aliphatic heterocycles. The third kappa shape index (κ3) is 5.87. The monoisotopic (exact) mass is 655 g/mol. The molecule has 0 bridgehead atoms. The summed E-state index contributed by atoms with van der Waals surface area (Å²) < 4.78 is 22.4. The number of likely N-dealkylation sites (N-methyl/N-ethyl adjacent to an activating group) is 1. The molecule has 1 N–H and O–H groups in total. The highest BCUT2D eigenvalue weighted by Crippen LogP contribution is 2.46. The Labute approximate surface area is 277 Å². The van der Waals surface area contributed by atoms with Gasteiger partial charge in [0.2, 0.25) is 0 Å². The van der Waals surface area contributed by atoms with Crippen LogP contribution in [0, 0.1) is 11.2 Å². The lowest BCUT2D eigenvalue weighted by Crippen LogP contribution is -2.38. The van der Waals surface area contributed by atoms with Crippen LogP contribution in [0.1, 0.15) is 63.1 Å². The van der Waals surface area contributed by atoms with E-state index in [4.69, 9.17) is 4.74 Å². The molecule has 1 aliphatic carbocycles. The van der Waals surface area contributed by atoms with Crippen molar-refractivity contribution in [3.63, 3.8) is 0 Å². The molecule has 0 saturated heterocycles. The van der Waals surface area contributed by atoms with Gasteiger partial charge in [-0.05, 0) is 84.7 Å². The average molecular weight is 656 g/mol. The van der Waals surface area contributed by atoms with E-state index in [0.717, 1.165) is 43.6 Å². The van der Waals surface area contributed by atoms with Gasteiger partial charge in [-0.25, -0.2) is 9.37 Å². The lowest BCUT2D eigenvalue weighted by atomic mass is 9.89. The van der Waals surface area contributed by atoms with Crippen LogP contribution in [0.25, 0.3) is 11.3 Å². The maximum atomic E-state index is 15.5. The number of hydrogen-bond acceptors (Lipinski definition) is 8. The number of anilines is 3. The molecular formula is C36H38FN5O4S. The van der Waals surface area contributed by atoms with Gasteiger partial charge in [-0.2, -0.15) is 0 Å². The maximum Gasteiger partial charge on any atom is 0.302 e. The van der Waals surface area contributed by atoms with Gasteiger partial charge < -0.3 is 24.4 Å². The highest BCUT2D eigenvalue weighted by Gasteiger charge is 2.39. The molecular weight excluding hydrogens is 617 g/mol. The van der Waals surface area contributed by atoms with Gasteiger partial charge in [0.25, 0.3) is 11.5 Å². The summed E-state index contributed by atoms with van der Waals surface area (Å²) in [4.78, 5) is 49.8. The minimum absolute atomic E-state index is 0.0804. The highest BCUT2D eigenvalue weighted by atomic mass is 32.1. The number of carbonyl (C=O) groups excluding carboxylic acids is 2. The smallest absolute Gasteiger partial charge is 0.302 e. The predicted molar refractivity (Wildman–Crippen MR) is 181 cm³/mol. The number of esters is 1. The van der Waals surface area contributed by atoms with E-state index in [1.807, 2.05) is 12.1 Å². The number of aromatic nitrogens is 2. The third-order valence-corrected chi connectivity index (χ3v) is 10.7. The second kappa shape index (κ2) is 11.7. The highest BCUT2D eigenvalue weighted by molar-refractivity contribution is 7.14. The molecule has 1 amide bonds. The molecule has 0 fully saturated rings. The van der Waals surface area contributed by atoms with Gasteiger partial charge >= 0.3 is 5.97 Å². The molecule has 2 aromatic carbocycles. The molecule has 3 aliphatic rings. The number of amides is 1. The number of ether oxygens (including phenoxy) is 1. The molecule has 2 aromatic heterocycles. The van der Waals surface area contributed by atoms with E-state index in [1.165, 1.54) is 51.4 Å². The van der Waals surface area contributed by atoms with E-state index in [1.54, 1.807) is 23.3 Å². The van der Waals surface area contributed by atoms with Gasteiger partial charge in [-0.1, -0.05) is 19.9 Å². The van der Waals surface area contributed by atoms with Crippen LogP contribution in [0.2, 0.25) is 0 Å². The molecule has 47 heavy (non-hydrogen) atoms. The average Bonchev–Trinajstić information content (AvgIpc) is 3.50. The largest absolute Gasteiger partial charge is 0.461 e. The number of benzene rings is 2. The van der Waals surface area contributed by atoms with Crippen LogP contribution in [-0.2, 0) is 55.4 Å². The van der Waals surface area contributed by atoms with Crippen molar-refractivity contribution in [1.82, 2.24) is 14.5 Å². The Morgan fingerprint density at radius 3 is 2.66 bits per heavy atom. The number of rotatable bonds is 6. The fourth-order valence-electron chi connectivity index (χ4n) is 7.13. The fourth-order valence-corrected chi connectivity index (χ4v) is 8.71. The molecule has 7 rings (SSSR count). The molecule has 0 spiro atoms. The van der Waals surface area contributed by atoms with Crippen LogP contribution < -0.4 is 15.8 Å². The van der Waals surface area contributed by atoms with Gasteiger partial charge in [0.15, 0.2) is 5.82 Å². The minimum atomic E-state index is -0.569. The number of nitrogens with one attached hydrogen (secondary N) is 1. The van der Waals surface area contributed by atoms with E-state index < -0.39 is 11.8 Å². The van der Waals surface area contributed by atoms with E-state index in [2.05, 4.69) is 42.2 Å². The Kier molecular flexibility index (Phi) is 7.79. The summed E-state index contributed by atoms with van der Waals surface area (Å²) in [6.07, 6.45) is 4.98. The van der Waals surface area contributed by atoms with Gasteiger partial charge in [0.05, 0.1) is 16.3 Å². The normalized spacial score (nSPS) is 16.9. The molecule has 0 radical (unpaired) electrons. The number of aryl methyl sites for hydroxylation is 1. The van der Waals surface area contributed by atoms with Gasteiger partial charge in [0, 0.05) is 61.5 Å². The predicted octanol–water partition coefficient (Wildman–Crippen LogP) is 5.77. The minimum Gasteiger partial charge on any atom is -0.461 e. The summed E-state index contributed by atoms with van der Waals surface area (Å²) >= 11 is 1.55. The van der Waals surface area contributed by atoms with Crippen LogP contribution in [0.15, 0.2) is 41.3 Å². The fraction of sp³-hybridized carbons (Fsp3) is 0.389. The van der Waals surface area contributed by atoms with Gasteiger partial charge in [-0.15, -0.1) is 11.3 Å². The second-order valence-corrected chi connectivity index (χ2v) is 14.9. The standard InChI is InChI=1S/C36H38FN5O4S/c1-20(43)46-19-28-26(29-18-41(5)35(45)33(39-29)38-24-7-6-22-17-40(4)10-8-21(22)12-24)13-23(37)14-30(28)42-11-9-25-27-15-36(2,3)16-31(27)47-32(25)34(42)44/h6-7,12-14,18H,8-11,15-17,19H2,1-5H3,(H,38,39). The zero-order valence-corrected chi connectivity index (χ0v) is 28.1. The van der Waals surface area contributed by atoms with Gasteiger partial charge in [0.1, 0.15) is 12.4 Å². The number of hydrogen-bond donors (Lipinski definition) is 1. The Bertz CT molecular complexity index is 2020. The van der Waals surface area contributed by atoms with Crippen molar-refractivity contribution >= 4 is 40.4 Å². The number of halogens is 1. The first-order chi connectivity index (χ1) is 22.4. The van der Waals surface area contributed by atoms with Crippen molar-refractivity contribution in [2.45, 2.75) is 59.6 Å². The Balaban J connectivity index is 1.28. The quantitative estimate of drug-likeness (QED) is 0.264. The first-order valence-corrected chi connectivity index (χ1v) is 16.7. The van der Waals surface area contributed by atoms with Crippen LogP contribution in [0.5, 0.6) is 0 Å². The molecule has 0 unspecified atom stereocenters. The lowest BCUT2D eigenvalue weighted by molar-refractivity contribution is -0.142. The molecule has 4 aromatic rings. The molecule has 4 heterocycles. The summed E-state index contributed by atoms with van der Waals surface area (Å²) in [7, 11) is 3.70. The number of fused-ring (bicyclic) bond motifs is 4. The van der Waals surface area contributed by atoms with Crippen LogP contribution in [0.4, 0.5) is 21.6 Å². The summed E-state index contributed by atoms with van der Waals surface area (Å²) in [6.45, 7) is 7.79. The Morgan fingerprint density at radius 2 is 1.87 bits per heavy atom. The van der Waals surface area contributed by atoms with Crippen molar-refractivity contribution in [3.05, 3.63) is 90.3 Å². The lowest BCUT2D eigenvalue weighted by Gasteiger charge is -2.30. The first kappa shape index (κ1) is 31.3. The molecule has 244 valence electrons. The van der Waals surface area contributed by atoms with Crippen LogP contribution in [-0.4, -0.2) is 46.5 Å². The molecule has 0 saturated carbocycles. The van der Waals surface area contributed by atoms with Crippen molar-refractivity contribution in [2.24, 2.45) is 12.5 Å². The van der Waals surface area contributed by atoms with Crippen molar-refractivity contribution in [3.8, 4) is 11.3 Å². The Hall–Kier alpha value is -4.35. The number of nitrogens with zero attached hydrogens (tertiary/aromatic N) is 4. The molecule has 11 heteroatoms. The van der Waals surface area contributed by atoms with Crippen LogP contribution >= 0.6 is 11.3 Å². The third-order valence-electron chi connectivity index (χ3n) is 9.44. The summed E-state index contributed by atoms with van der Waals surface area (Å²) in [5.41, 5.74) is 6.84. The molecule has 9 nitrogen and oxygen atoms in total. The molecule has 0 atom stereocenters. The van der Waals surface area contributed by atoms with E-state index >= 15 is 4.39 Å². The summed E-state index contributed by atoms with van der Waals surface area (Å²) in [5, 5.41) is 3.19. The van der Waals surface area contributed by atoms with Crippen LogP contribution in [0.3, 0.4) is 0 Å². The van der Waals surface area contributed by atoms with Gasteiger partial charge in [-0.3, -0.25) is 14.4 Å². The number of carbonyl (C=O) groups is 2. The van der Waals surface area contributed by atoms with Crippen molar-refractivity contribution < 1.29 is 18.7 Å². The first-order valence-electron chi connectivity index (χ1n) is 15.9. The number of thiophene rings is 1. The SMILES string of the molecule is CC(=O)OCc1c(-c2cn(C)c(=O)c(Nc3ccc4c(c3)CCN(C)C4)n2)cc(F)cc1N1CCc2c(sc3c2CC(C)(C)C3)C1=O. The maximum absolute atomic E-state index is 15.5. The Morgan fingerprint density at radius 1 is 1.06 bits per heavy atom. The van der Waals surface area contributed by atoms with E-state index in [-0.39, 0.29) is 29.3 Å². The second-order valence-electron chi connectivity index (χ2n) is 13.8. The zero-order valence-electron chi connectivity index (χ0n) is 27.3. The topological polar surface area (TPSA) is 96.8 Å². The summed E-state index contributed by atoms with van der Waals surface area (Å²) in [5.74, 6) is -1.18. The van der Waals surface area contributed by atoms with E-state index in [0.29, 0.717) is 40.4 Å². The van der Waals surface area contributed by atoms with Crippen molar-refractivity contribution in [2.75, 3.05) is 30.4 Å².